The minimum absolute atomic E-state index is 0.0955. The molecule has 0 unspecified atom stereocenters. The van der Waals surface area contributed by atoms with Crippen molar-refractivity contribution >= 4 is 11.4 Å². The first-order chi connectivity index (χ1) is 8.80. The third-order valence-electron chi connectivity index (χ3n) is 3.64. The minimum Gasteiger partial charge on any atom is -0.364 e. The van der Waals surface area contributed by atoms with Gasteiger partial charge in [-0.2, -0.15) is 0 Å². The van der Waals surface area contributed by atoms with E-state index in [-0.39, 0.29) is 11.1 Å². The molecule has 1 heterocycles. The fraction of sp³-hybridized carbons (Fsp3) is 0.538. The molecule has 1 aromatic carbocycles. The van der Waals surface area contributed by atoms with Crippen molar-refractivity contribution < 1.29 is 13.7 Å². The average Bonchev–Trinajstić information content (AvgIpc) is 2.29. The highest BCUT2D eigenvalue weighted by atomic mass is 19.1. The lowest BCUT2D eigenvalue weighted by Crippen LogP contribution is -2.38. The smallest absolute Gasteiger partial charge is 0.298 e. The summed E-state index contributed by atoms with van der Waals surface area (Å²) in [4.78, 5) is 11.8. The molecule has 1 aliphatic heterocycles. The molecule has 104 valence electrons. The maximum atomic E-state index is 13.9. The molecule has 1 fully saturated rings. The molecule has 6 heteroatoms. The van der Waals surface area contributed by atoms with E-state index >= 15 is 0 Å². The second-order valence-corrected chi connectivity index (χ2v) is 5.66. The van der Waals surface area contributed by atoms with E-state index in [9.17, 15) is 18.9 Å². The summed E-state index contributed by atoms with van der Waals surface area (Å²) in [7, 11) is 0. The van der Waals surface area contributed by atoms with Gasteiger partial charge in [-0.25, -0.2) is 8.78 Å². The topological polar surface area (TPSA) is 46.4 Å². The molecule has 0 saturated carbocycles. The van der Waals surface area contributed by atoms with Gasteiger partial charge in [0.2, 0.25) is 0 Å². The van der Waals surface area contributed by atoms with Crippen molar-refractivity contribution in [1.29, 1.82) is 0 Å². The third-order valence-corrected chi connectivity index (χ3v) is 3.64. The zero-order valence-corrected chi connectivity index (χ0v) is 10.9. The lowest BCUT2D eigenvalue weighted by atomic mass is 9.82. The normalized spacial score (nSPS) is 18.4. The predicted molar refractivity (Wildman–Crippen MR) is 68.2 cm³/mol. The molecule has 1 aliphatic rings. The molecule has 0 amide bonds. The van der Waals surface area contributed by atoms with Crippen LogP contribution >= 0.6 is 0 Å². The number of hydrogen-bond donors (Lipinski definition) is 0. The molecule has 0 atom stereocenters. The Hall–Kier alpha value is -1.72. The van der Waals surface area contributed by atoms with E-state index in [1.54, 1.807) is 4.90 Å². The van der Waals surface area contributed by atoms with E-state index in [1.807, 2.05) is 0 Å². The van der Waals surface area contributed by atoms with Crippen LogP contribution in [-0.2, 0) is 0 Å². The van der Waals surface area contributed by atoms with E-state index in [0.717, 1.165) is 18.9 Å². The number of benzene rings is 1. The Morgan fingerprint density at radius 1 is 1.26 bits per heavy atom. The summed E-state index contributed by atoms with van der Waals surface area (Å²) in [6.45, 7) is 5.30. The number of hydrogen-bond acceptors (Lipinski definition) is 3. The van der Waals surface area contributed by atoms with Crippen LogP contribution in [-0.4, -0.2) is 18.0 Å². The summed E-state index contributed by atoms with van der Waals surface area (Å²) in [6, 6.07) is 1.47. The molecule has 1 saturated heterocycles. The Kier molecular flexibility index (Phi) is 3.43. The SMILES string of the molecule is CC1(C)CCN(c2c(F)cc(F)cc2[N+](=O)[O-])CC1. The van der Waals surface area contributed by atoms with Crippen molar-refractivity contribution in [3.63, 3.8) is 0 Å². The number of nitro benzene ring substituents is 1. The summed E-state index contributed by atoms with van der Waals surface area (Å²) >= 11 is 0. The van der Waals surface area contributed by atoms with Gasteiger partial charge in [-0.1, -0.05) is 13.8 Å². The molecule has 2 rings (SSSR count). The van der Waals surface area contributed by atoms with Crippen LogP contribution in [0, 0.1) is 27.2 Å². The summed E-state index contributed by atoms with van der Waals surface area (Å²) in [5.41, 5.74) is -0.443. The quantitative estimate of drug-likeness (QED) is 0.610. The van der Waals surface area contributed by atoms with E-state index in [1.165, 1.54) is 0 Å². The zero-order valence-electron chi connectivity index (χ0n) is 10.9. The van der Waals surface area contributed by atoms with E-state index < -0.39 is 22.2 Å². The van der Waals surface area contributed by atoms with Gasteiger partial charge in [-0.05, 0) is 18.3 Å². The van der Waals surface area contributed by atoms with Gasteiger partial charge in [0.05, 0.1) is 11.0 Å². The minimum atomic E-state index is -0.926. The maximum absolute atomic E-state index is 13.9. The summed E-state index contributed by atoms with van der Waals surface area (Å²) in [5, 5.41) is 10.9. The van der Waals surface area contributed by atoms with Crippen molar-refractivity contribution in [3.8, 4) is 0 Å². The maximum Gasteiger partial charge on any atom is 0.298 e. The van der Waals surface area contributed by atoms with Crippen LogP contribution in [0.25, 0.3) is 0 Å². The molecule has 19 heavy (non-hydrogen) atoms. The van der Waals surface area contributed by atoms with Crippen molar-refractivity contribution in [1.82, 2.24) is 0 Å². The summed E-state index contributed by atoms with van der Waals surface area (Å²) in [5.74, 6) is -1.79. The van der Waals surface area contributed by atoms with Crippen molar-refractivity contribution in [2.75, 3.05) is 18.0 Å². The monoisotopic (exact) mass is 270 g/mol. The highest BCUT2D eigenvalue weighted by Gasteiger charge is 2.31. The average molecular weight is 270 g/mol. The Labute approximate surface area is 110 Å². The Balaban J connectivity index is 2.37. The van der Waals surface area contributed by atoms with Gasteiger partial charge in [-0.15, -0.1) is 0 Å². The molecular formula is C13H16F2N2O2. The van der Waals surface area contributed by atoms with Gasteiger partial charge in [0.15, 0.2) is 11.5 Å². The molecule has 0 aromatic heterocycles. The van der Waals surface area contributed by atoms with Crippen LogP contribution in [0.5, 0.6) is 0 Å². The molecule has 0 bridgehead atoms. The standard InChI is InChI=1S/C13H16F2N2O2/c1-13(2)3-5-16(6-4-13)12-10(15)7-9(14)8-11(12)17(18)19/h7-8H,3-6H2,1-2H3. The second-order valence-electron chi connectivity index (χ2n) is 5.66. The van der Waals surface area contributed by atoms with Gasteiger partial charge in [0.25, 0.3) is 5.69 Å². The van der Waals surface area contributed by atoms with Crippen LogP contribution in [0.15, 0.2) is 12.1 Å². The zero-order chi connectivity index (χ0) is 14.2. The van der Waals surface area contributed by atoms with E-state index in [4.69, 9.17) is 0 Å². The highest BCUT2D eigenvalue weighted by molar-refractivity contribution is 5.64. The molecular weight excluding hydrogens is 254 g/mol. The number of anilines is 1. The molecule has 1 aromatic rings. The van der Waals surface area contributed by atoms with Crippen molar-refractivity contribution in [2.24, 2.45) is 5.41 Å². The number of nitro groups is 1. The van der Waals surface area contributed by atoms with Gasteiger partial charge in [0, 0.05) is 19.2 Å². The number of piperidine rings is 1. The first-order valence-corrected chi connectivity index (χ1v) is 6.18. The molecule has 0 spiro atoms. The Morgan fingerprint density at radius 3 is 2.37 bits per heavy atom. The fourth-order valence-electron chi connectivity index (χ4n) is 2.34. The molecule has 0 N–H and O–H groups in total. The van der Waals surface area contributed by atoms with Crippen LogP contribution in [0.4, 0.5) is 20.2 Å². The van der Waals surface area contributed by atoms with Crippen LogP contribution in [0.2, 0.25) is 0 Å². The summed E-state index contributed by atoms with van der Waals surface area (Å²) in [6.07, 6.45) is 1.64. The van der Waals surface area contributed by atoms with Crippen LogP contribution in [0.3, 0.4) is 0 Å². The van der Waals surface area contributed by atoms with Gasteiger partial charge in [-0.3, -0.25) is 10.1 Å². The lowest BCUT2D eigenvalue weighted by molar-refractivity contribution is -0.384. The van der Waals surface area contributed by atoms with Gasteiger partial charge in [0.1, 0.15) is 5.82 Å². The van der Waals surface area contributed by atoms with E-state index in [0.29, 0.717) is 19.2 Å². The Morgan fingerprint density at radius 2 is 1.84 bits per heavy atom. The largest absolute Gasteiger partial charge is 0.364 e. The van der Waals surface area contributed by atoms with Crippen molar-refractivity contribution in [3.05, 3.63) is 33.9 Å². The predicted octanol–water partition coefficient (Wildman–Crippen LogP) is 3.50. The summed E-state index contributed by atoms with van der Waals surface area (Å²) < 4.78 is 27.0. The fourth-order valence-corrected chi connectivity index (χ4v) is 2.34. The molecule has 0 radical (unpaired) electrons. The molecule has 4 nitrogen and oxygen atoms in total. The lowest BCUT2D eigenvalue weighted by Gasteiger charge is -2.37. The number of halogens is 2. The number of nitrogens with zero attached hydrogens (tertiary/aromatic N) is 2. The first-order valence-electron chi connectivity index (χ1n) is 6.18. The van der Waals surface area contributed by atoms with Crippen LogP contribution in [0.1, 0.15) is 26.7 Å². The molecule has 0 aliphatic carbocycles. The van der Waals surface area contributed by atoms with Gasteiger partial charge >= 0.3 is 0 Å². The highest BCUT2D eigenvalue weighted by Crippen LogP contribution is 2.37. The van der Waals surface area contributed by atoms with Crippen molar-refractivity contribution in [2.45, 2.75) is 26.7 Å². The second kappa shape index (κ2) is 4.75. The number of rotatable bonds is 2. The Bertz CT molecular complexity index is 508. The van der Waals surface area contributed by atoms with Crippen LogP contribution < -0.4 is 4.90 Å². The first kappa shape index (κ1) is 13.7. The third kappa shape index (κ3) is 2.83. The van der Waals surface area contributed by atoms with Gasteiger partial charge < -0.3 is 4.90 Å². The van der Waals surface area contributed by atoms with E-state index in [2.05, 4.69) is 13.8 Å².